The molecule has 0 bridgehead atoms. The van der Waals surface area contributed by atoms with Gasteiger partial charge in [0, 0.05) is 16.6 Å². The fourth-order valence-corrected chi connectivity index (χ4v) is 4.60. The van der Waals surface area contributed by atoms with Crippen LogP contribution in [0.3, 0.4) is 0 Å². The third kappa shape index (κ3) is 4.62. The lowest BCUT2D eigenvalue weighted by Crippen LogP contribution is -2.28. The second-order valence-corrected chi connectivity index (χ2v) is 9.64. The van der Waals surface area contributed by atoms with Gasteiger partial charge in [-0.05, 0) is 81.3 Å². The van der Waals surface area contributed by atoms with Gasteiger partial charge in [0.05, 0.1) is 17.7 Å². The van der Waals surface area contributed by atoms with E-state index < -0.39 is 17.7 Å². The summed E-state index contributed by atoms with van der Waals surface area (Å²) in [5.74, 6) is -0.160. The van der Waals surface area contributed by atoms with E-state index in [0.717, 1.165) is 58.2 Å². The van der Waals surface area contributed by atoms with E-state index in [1.165, 1.54) is 0 Å². The SMILES string of the molecule is [B]c1cc(CC)c2nc(C)c([C@H](OC(C)(C)C)C(=O)O)c(-c3ccc4c(c3)CCCO4)c2c1. The fourth-order valence-electron chi connectivity index (χ4n) is 4.60. The number of fused-ring (bicyclic) bond motifs is 2. The van der Waals surface area contributed by atoms with Crippen LogP contribution in [0.5, 0.6) is 5.75 Å². The summed E-state index contributed by atoms with van der Waals surface area (Å²) >= 11 is 0. The first kappa shape index (κ1) is 23.3. The van der Waals surface area contributed by atoms with Crippen LogP contribution in [0.4, 0.5) is 0 Å². The van der Waals surface area contributed by atoms with Crippen LogP contribution < -0.4 is 10.2 Å². The molecule has 2 aromatic carbocycles. The van der Waals surface area contributed by atoms with Crippen molar-refractivity contribution in [3.8, 4) is 16.9 Å². The molecule has 2 radical (unpaired) electrons. The maximum Gasteiger partial charge on any atom is 0.337 e. The lowest BCUT2D eigenvalue weighted by Gasteiger charge is -2.29. The van der Waals surface area contributed by atoms with Crippen LogP contribution in [0.2, 0.25) is 0 Å². The van der Waals surface area contributed by atoms with Crippen molar-refractivity contribution in [3.05, 3.63) is 52.7 Å². The predicted molar refractivity (Wildman–Crippen MR) is 132 cm³/mol. The number of aryl methyl sites for hydroxylation is 3. The highest BCUT2D eigenvalue weighted by molar-refractivity contribution is 6.33. The van der Waals surface area contributed by atoms with Crippen molar-refractivity contribution < 1.29 is 19.4 Å². The average molecular weight is 443 g/mol. The monoisotopic (exact) mass is 443 g/mol. The summed E-state index contributed by atoms with van der Waals surface area (Å²) in [7, 11) is 6.29. The number of hydrogen-bond acceptors (Lipinski definition) is 4. The van der Waals surface area contributed by atoms with Gasteiger partial charge in [-0.15, -0.1) is 0 Å². The molecule has 0 amide bonds. The van der Waals surface area contributed by atoms with Crippen molar-refractivity contribution in [2.45, 2.75) is 65.6 Å². The number of ether oxygens (including phenoxy) is 2. The number of benzene rings is 2. The molecule has 1 aliphatic heterocycles. The van der Waals surface area contributed by atoms with E-state index >= 15 is 0 Å². The molecule has 3 aromatic rings. The van der Waals surface area contributed by atoms with Crippen molar-refractivity contribution in [2.24, 2.45) is 0 Å². The summed E-state index contributed by atoms with van der Waals surface area (Å²) < 4.78 is 11.9. The van der Waals surface area contributed by atoms with E-state index in [4.69, 9.17) is 22.3 Å². The van der Waals surface area contributed by atoms with E-state index in [9.17, 15) is 9.90 Å². The van der Waals surface area contributed by atoms with Gasteiger partial charge in [0.25, 0.3) is 0 Å². The van der Waals surface area contributed by atoms with Gasteiger partial charge in [-0.3, -0.25) is 4.98 Å². The maximum absolute atomic E-state index is 12.5. The van der Waals surface area contributed by atoms with Gasteiger partial charge in [0.1, 0.15) is 13.6 Å². The summed E-state index contributed by atoms with van der Waals surface area (Å²) in [5, 5.41) is 11.0. The molecule has 0 fully saturated rings. The summed E-state index contributed by atoms with van der Waals surface area (Å²) in [4.78, 5) is 17.3. The fraction of sp³-hybridized carbons (Fsp3) is 0.407. The highest BCUT2D eigenvalue weighted by atomic mass is 16.5. The molecule has 0 saturated heterocycles. The Morgan fingerprint density at radius 2 is 2.03 bits per heavy atom. The Kier molecular flexibility index (Phi) is 6.23. The van der Waals surface area contributed by atoms with Gasteiger partial charge in [0.15, 0.2) is 6.10 Å². The molecule has 1 N–H and O–H groups in total. The van der Waals surface area contributed by atoms with E-state index in [-0.39, 0.29) is 0 Å². The van der Waals surface area contributed by atoms with Gasteiger partial charge in [-0.2, -0.15) is 0 Å². The van der Waals surface area contributed by atoms with Crippen LogP contribution in [-0.2, 0) is 22.4 Å². The number of hydrogen-bond donors (Lipinski definition) is 1. The Morgan fingerprint density at radius 3 is 2.70 bits per heavy atom. The van der Waals surface area contributed by atoms with Crippen molar-refractivity contribution in [3.63, 3.8) is 0 Å². The molecule has 5 nitrogen and oxygen atoms in total. The zero-order valence-corrected chi connectivity index (χ0v) is 20.0. The minimum Gasteiger partial charge on any atom is -0.493 e. The number of aliphatic carboxylic acids is 1. The van der Waals surface area contributed by atoms with Crippen LogP contribution in [0.1, 0.15) is 62.6 Å². The first-order valence-corrected chi connectivity index (χ1v) is 11.5. The number of carboxylic acids is 1. The standard InChI is InChI=1S/C27H30BNO4/c1-6-16-13-19(28)14-20-23(18-9-10-21-17(12-18)8-7-11-32-21)22(15(2)29-24(16)20)25(26(30)31)33-27(3,4)5/h9-10,12-14,25H,6-8,11H2,1-5H3,(H,30,31)/t25-/m0/s1. The molecule has 6 heteroatoms. The molecule has 170 valence electrons. The van der Waals surface area contributed by atoms with E-state index in [0.29, 0.717) is 23.3 Å². The van der Waals surface area contributed by atoms with Crippen molar-refractivity contribution in [2.75, 3.05) is 6.61 Å². The third-order valence-electron chi connectivity index (χ3n) is 5.96. The van der Waals surface area contributed by atoms with E-state index in [1.54, 1.807) is 0 Å². The molecular weight excluding hydrogens is 413 g/mol. The van der Waals surface area contributed by atoms with Gasteiger partial charge < -0.3 is 14.6 Å². The summed E-state index contributed by atoms with van der Waals surface area (Å²) in [6.07, 6.45) is 1.47. The second-order valence-electron chi connectivity index (χ2n) is 9.64. The lowest BCUT2D eigenvalue weighted by molar-refractivity contribution is -0.160. The third-order valence-corrected chi connectivity index (χ3v) is 5.96. The predicted octanol–water partition coefficient (Wildman–Crippen LogP) is 4.83. The maximum atomic E-state index is 12.5. The number of pyridine rings is 1. The number of carboxylic acid groups (broad SMARTS) is 1. The lowest BCUT2D eigenvalue weighted by atomic mass is 9.85. The number of nitrogens with zero attached hydrogens (tertiary/aromatic N) is 1. The molecule has 0 unspecified atom stereocenters. The number of rotatable bonds is 5. The molecule has 1 aromatic heterocycles. The zero-order chi connectivity index (χ0) is 23.9. The Labute approximate surface area is 196 Å². The summed E-state index contributed by atoms with van der Waals surface area (Å²) in [6, 6.07) is 9.91. The number of carbonyl (C=O) groups is 1. The van der Waals surface area contributed by atoms with Crippen LogP contribution in [0.15, 0.2) is 30.3 Å². The van der Waals surface area contributed by atoms with Crippen LogP contribution in [0, 0.1) is 6.92 Å². The van der Waals surface area contributed by atoms with Gasteiger partial charge in [-0.1, -0.05) is 30.6 Å². The molecule has 0 aliphatic carbocycles. The van der Waals surface area contributed by atoms with E-state index in [2.05, 4.69) is 13.0 Å². The highest BCUT2D eigenvalue weighted by Gasteiger charge is 2.32. The first-order chi connectivity index (χ1) is 15.6. The minimum absolute atomic E-state index is 0.564. The van der Waals surface area contributed by atoms with Gasteiger partial charge in [0.2, 0.25) is 0 Å². The topological polar surface area (TPSA) is 68.7 Å². The summed E-state index contributed by atoms with van der Waals surface area (Å²) in [6.45, 7) is 10.2. The summed E-state index contributed by atoms with van der Waals surface area (Å²) in [5.41, 5.74) is 5.90. The molecular formula is C27H30BNO4. The van der Waals surface area contributed by atoms with E-state index in [1.807, 2.05) is 52.0 Å². The normalized spacial score (nSPS) is 14.6. The molecule has 33 heavy (non-hydrogen) atoms. The molecule has 0 spiro atoms. The Hall–Kier alpha value is -2.86. The first-order valence-electron chi connectivity index (χ1n) is 11.5. The zero-order valence-electron chi connectivity index (χ0n) is 20.0. The van der Waals surface area contributed by atoms with Crippen LogP contribution in [-0.4, -0.2) is 36.1 Å². The van der Waals surface area contributed by atoms with Gasteiger partial charge in [-0.25, -0.2) is 4.79 Å². The molecule has 0 saturated carbocycles. The van der Waals surface area contributed by atoms with Crippen molar-refractivity contribution in [1.82, 2.24) is 4.98 Å². The van der Waals surface area contributed by atoms with Gasteiger partial charge >= 0.3 is 5.97 Å². The quantitative estimate of drug-likeness (QED) is 0.572. The van der Waals surface area contributed by atoms with Crippen molar-refractivity contribution in [1.29, 1.82) is 0 Å². The Morgan fingerprint density at radius 1 is 1.27 bits per heavy atom. The smallest absolute Gasteiger partial charge is 0.337 e. The Balaban J connectivity index is 2.09. The molecule has 2 heterocycles. The van der Waals surface area contributed by atoms with Crippen molar-refractivity contribution >= 4 is 30.2 Å². The largest absolute Gasteiger partial charge is 0.493 e. The number of aromatic nitrogens is 1. The molecule has 4 rings (SSSR count). The molecule has 1 atom stereocenters. The average Bonchev–Trinajstić information content (AvgIpc) is 2.75. The molecule has 1 aliphatic rings. The van der Waals surface area contributed by atoms with Crippen LogP contribution >= 0.6 is 0 Å². The minimum atomic E-state index is -1.17. The highest BCUT2D eigenvalue weighted by Crippen LogP contribution is 2.41. The Bertz CT molecular complexity index is 1230. The van der Waals surface area contributed by atoms with Crippen LogP contribution in [0.25, 0.3) is 22.0 Å². The second kappa shape index (κ2) is 8.83.